The number of hydrogen-bond acceptors (Lipinski definition) is 8. The normalized spacial score (nSPS) is 20.4. The largest absolute Gasteiger partial charge is 0.491 e. The molecule has 1 saturated heterocycles. The molecule has 0 aliphatic carbocycles. The maximum absolute atomic E-state index is 13.0. The molecule has 3 rings (SSSR count). The first-order valence-corrected chi connectivity index (χ1v) is 12.2. The van der Waals surface area contributed by atoms with Gasteiger partial charge >= 0.3 is 5.97 Å². The number of allylic oxidation sites excluding steroid dienone is 1. The van der Waals surface area contributed by atoms with Crippen molar-refractivity contribution < 1.29 is 28.6 Å². The Morgan fingerprint density at radius 3 is 2.50 bits per heavy atom. The van der Waals surface area contributed by atoms with Gasteiger partial charge < -0.3 is 24.4 Å². The molecule has 2 amide bonds. The molecule has 0 radical (unpaired) electrons. The highest BCUT2D eigenvalue weighted by Gasteiger charge is 2.45. The highest BCUT2D eigenvalue weighted by Crippen LogP contribution is 2.44. The standard InChI is InChI=1S/C22H23Cl2N3O6S/c1-3-33-19-14(23)8-12(9-15(19)24)17-13(10-25)21(26-20(29)18(17)22(30)31-2)34-11-16(28)27-4-6-32-7-5-27/h8-9,17-18H,3-7,11H2,1-2H3,(H,26,29)/t17-,18+/m1/s1. The molecule has 0 unspecified atom stereocenters. The van der Waals surface area contributed by atoms with Crippen LogP contribution in [0.4, 0.5) is 0 Å². The topological polar surface area (TPSA) is 118 Å². The molecule has 1 aromatic rings. The quantitative estimate of drug-likeness (QED) is 0.424. The van der Waals surface area contributed by atoms with Crippen LogP contribution in [-0.2, 0) is 23.9 Å². The third-order valence-corrected chi connectivity index (χ3v) is 6.92. The molecule has 34 heavy (non-hydrogen) atoms. The van der Waals surface area contributed by atoms with Crippen molar-refractivity contribution in [3.63, 3.8) is 0 Å². The minimum atomic E-state index is -1.34. The van der Waals surface area contributed by atoms with Crippen molar-refractivity contribution in [2.45, 2.75) is 12.8 Å². The molecular formula is C22H23Cl2N3O6S. The predicted molar refractivity (Wildman–Crippen MR) is 127 cm³/mol. The van der Waals surface area contributed by atoms with Gasteiger partial charge in [0.15, 0.2) is 5.75 Å². The third kappa shape index (κ3) is 5.61. The van der Waals surface area contributed by atoms with Crippen LogP contribution in [0.15, 0.2) is 22.7 Å². The van der Waals surface area contributed by atoms with E-state index in [-0.39, 0.29) is 38.1 Å². The van der Waals surface area contributed by atoms with Crippen LogP contribution in [0.25, 0.3) is 0 Å². The van der Waals surface area contributed by atoms with E-state index in [0.717, 1.165) is 18.9 Å². The fourth-order valence-electron chi connectivity index (χ4n) is 3.76. The maximum Gasteiger partial charge on any atom is 0.319 e. The lowest BCUT2D eigenvalue weighted by Gasteiger charge is -2.31. The van der Waals surface area contributed by atoms with Crippen molar-refractivity contribution in [1.29, 1.82) is 5.26 Å². The molecule has 0 saturated carbocycles. The average Bonchev–Trinajstić information content (AvgIpc) is 2.84. The van der Waals surface area contributed by atoms with E-state index in [4.69, 9.17) is 37.4 Å². The monoisotopic (exact) mass is 527 g/mol. The van der Waals surface area contributed by atoms with Crippen LogP contribution in [-0.4, -0.2) is 68.5 Å². The number of nitriles is 1. The zero-order valence-electron chi connectivity index (χ0n) is 18.6. The molecule has 2 heterocycles. The summed E-state index contributed by atoms with van der Waals surface area (Å²) in [6.07, 6.45) is 0. The van der Waals surface area contributed by atoms with Gasteiger partial charge in [0.1, 0.15) is 5.92 Å². The third-order valence-electron chi connectivity index (χ3n) is 5.36. The number of esters is 1. The summed E-state index contributed by atoms with van der Waals surface area (Å²) >= 11 is 13.7. The Kier molecular flexibility index (Phi) is 9.08. The minimum absolute atomic E-state index is 0.00118. The summed E-state index contributed by atoms with van der Waals surface area (Å²) in [7, 11) is 1.16. The molecule has 2 aliphatic heterocycles. The highest BCUT2D eigenvalue weighted by atomic mass is 35.5. The number of morpholine rings is 1. The highest BCUT2D eigenvalue weighted by molar-refractivity contribution is 8.03. The Hall–Kier alpha value is -2.45. The van der Waals surface area contributed by atoms with Gasteiger partial charge in [-0.05, 0) is 24.6 Å². The van der Waals surface area contributed by atoms with Gasteiger partial charge in [0.2, 0.25) is 11.8 Å². The number of carbonyl (C=O) groups is 3. The van der Waals surface area contributed by atoms with Crippen molar-refractivity contribution >= 4 is 52.7 Å². The van der Waals surface area contributed by atoms with E-state index in [1.165, 1.54) is 12.1 Å². The molecule has 1 fully saturated rings. The first-order chi connectivity index (χ1) is 16.3. The van der Waals surface area contributed by atoms with Crippen LogP contribution in [0, 0.1) is 17.2 Å². The average molecular weight is 528 g/mol. The van der Waals surface area contributed by atoms with Crippen molar-refractivity contribution in [2.75, 3.05) is 45.8 Å². The van der Waals surface area contributed by atoms with E-state index >= 15 is 0 Å². The molecule has 1 aromatic carbocycles. The van der Waals surface area contributed by atoms with Crippen LogP contribution >= 0.6 is 35.0 Å². The number of hydrogen-bond donors (Lipinski definition) is 1. The molecule has 0 aromatic heterocycles. The Labute approximate surface area is 211 Å². The number of methoxy groups -OCH3 is 1. The summed E-state index contributed by atoms with van der Waals surface area (Å²) in [5.41, 5.74) is 0.476. The van der Waals surface area contributed by atoms with Gasteiger partial charge in [0.25, 0.3) is 0 Å². The number of benzene rings is 1. The SMILES string of the molecule is CCOc1c(Cl)cc([C@@H]2C(C#N)=C(SCC(=O)N3CCOCC3)NC(=O)[C@H]2C(=O)OC)cc1Cl. The van der Waals surface area contributed by atoms with Gasteiger partial charge in [0.05, 0.1) is 59.4 Å². The number of nitrogens with zero attached hydrogens (tertiary/aromatic N) is 2. The van der Waals surface area contributed by atoms with Crippen LogP contribution in [0.5, 0.6) is 5.75 Å². The second-order valence-electron chi connectivity index (χ2n) is 7.35. The minimum Gasteiger partial charge on any atom is -0.491 e. The van der Waals surface area contributed by atoms with Crippen LogP contribution in [0.3, 0.4) is 0 Å². The van der Waals surface area contributed by atoms with Gasteiger partial charge in [0, 0.05) is 19.0 Å². The zero-order valence-corrected chi connectivity index (χ0v) is 20.9. The maximum atomic E-state index is 13.0. The van der Waals surface area contributed by atoms with Gasteiger partial charge in [-0.1, -0.05) is 35.0 Å². The van der Waals surface area contributed by atoms with E-state index in [0.29, 0.717) is 38.5 Å². The van der Waals surface area contributed by atoms with Gasteiger partial charge in [-0.15, -0.1) is 0 Å². The Morgan fingerprint density at radius 2 is 1.94 bits per heavy atom. The molecule has 182 valence electrons. The molecule has 0 spiro atoms. The van der Waals surface area contributed by atoms with Crippen molar-refractivity contribution in [3.8, 4) is 11.8 Å². The molecule has 2 atom stereocenters. The Morgan fingerprint density at radius 1 is 1.29 bits per heavy atom. The van der Waals surface area contributed by atoms with E-state index < -0.39 is 23.7 Å². The molecule has 9 nitrogen and oxygen atoms in total. The fourth-order valence-corrected chi connectivity index (χ4v) is 5.32. The molecule has 2 aliphatic rings. The summed E-state index contributed by atoms with van der Waals surface area (Å²) in [6, 6.07) is 5.11. The smallest absolute Gasteiger partial charge is 0.319 e. The second kappa shape index (κ2) is 11.8. The first kappa shape index (κ1) is 26.2. The Balaban J connectivity index is 2.00. The van der Waals surface area contributed by atoms with Gasteiger partial charge in [-0.25, -0.2) is 0 Å². The van der Waals surface area contributed by atoms with E-state index in [9.17, 15) is 19.6 Å². The predicted octanol–water partition coefficient (Wildman–Crippen LogP) is 2.72. The number of nitrogens with one attached hydrogen (secondary N) is 1. The van der Waals surface area contributed by atoms with Crippen LogP contribution < -0.4 is 10.1 Å². The lowest BCUT2D eigenvalue weighted by atomic mass is 9.78. The Bertz CT molecular complexity index is 1030. The lowest BCUT2D eigenvalue weighted by molar-refractivity contribution is -0.150. The number of thioether (sulfide) groups is 1. The molecule has 12 heteroatoms. The summed E-state index contributed by atoms with van der Waals surface area (Å²) in [6.45, 7) is 3.98. The summed E-state index contributed by atoms with van der Waals surface area (Å²) in [5.74, 6) is -3.71. The summed E-state index contributed by atoms with van der Waals surface area (Å²) in [4.78, 5) is 39.8. The molecule has 0 bridgehead atoms. The summed E-state index contributed by atoms with van der Waals surface area (Å²) < 4.78 is 15.6. The van der Waals surface area contributed by atoms with Gasteiger partial charge in [-0.3, -0.25) is 14.4 Å². The number of carbonyl (C=O) groups excluding carboxylic acids is 3. The molecular weight excluding hydrogens is 505 g/mol. The zero-order chi connectivity index (χ0) is 24.8. The second-order valence-corrected chi connectivity index (χ2v) is 9.15. The summed E-state index contributed by atoms with van der Waals surface area (Å²) in [5, 5.41) is 13.2. The van der Waals surface area contributed by atoms with Crippen LogP contribution in [0.1, 0.15) is 18.4 Å². The number of ether oxygens (including phenoxy) is 3. The van der Waals surface area contributed by atoms with Crippen LogP contribution in [0.2, 0.25) is 10.0 Å². The van der Waals surface area contributed by atoms with Crippen molar-refractivity contribution in [1.82, 2.24) is 10.2 Å². The lowest BCUT2D eigenvalue weighted by Crippen LogP contribution is -2.45. The number of amides is 2. The number of rotatable bonds is 7. The van der Waals surface area contributed by atoms with E-state index in [2.05, 4.69) is 11.4 Å². The van der Waals surface area contributed by atoms with E-state index in [1.54, 1.807) is 11.8 Å². The van der Waals surface area contributed by atoms with E-state index in [1.807, 2.05) is 0 Å². The van der Waals surface area contributed by atoms with Gasteiger partial charge in [-0.2, -0.15) is 5.26 Å². The van der Waals surface area contributed by atoms with Crippen molar-refractivity contribution in [2.24, 2.45) is 5.92 Å². The van der Waals surface area contributed by atoms with Crippen molar-refractivity contribution in [3.05, 3.63) is 38.3 Å². The molecule has 1 N–H and O–H groups in total. The first-order valence-electron chi connectivity index (χ1n) is 10.4. The number of halogens is 2. The fraction of sp³-hybridized carbons (Fsp3) is 0.455.